The van der Waals surface area contributed by atoms with Crippen molar-refractivity contribution in [3.05, 3.63) is 44.3 Å². The van der Waals surface area contributed by atoms with Gasteiger partial charge in [-0.15, -0.1) is 22.7 Å². The van der Waals surface area contributed by atoms with Gasteiger partial charge < -0.3 is 16.0 Å². The Labute approximate surface area is 143 Å². The van der Waals surface area contributed by atoms with Gasteiger partial charge in [0.15, 0.2) is 5.96 Å². The number of carbonyl (C=O) groups excluding carboxylic acids is 1. The smallest absolute Gasteiger partial charge is 0.244 e. The number of hydrogen-bond acceptors (Lipinski definition) is 4. The average molecular weight is 348 g/mol. The van der Waals surface area contributed by atoms with E-state index in [2.05, 4.69) is 33.2 Å². The van der Waals surface area contributed by atoms with E-state index in [0.29, 0.717) is 12.5 Å². The number of nitrogens with two attached hydrogens (primary N) is 1. The zero-order valence-electron chi connectivity index (χ0n) is 12.8. The maximum atomic E-state index is 12.2. The van der Waals surface area contributed by atoms with Crippen LogP contribution >= 0.6 is 22.7 Å². The Morgan fingerprint density at radius 1 is 1.35 bits per heavy atom. The lowest BCUT2D eigenvalue weighted by atomic mass is 10.1. The molecule has 0 saturated carbocycles. The van der Waals surface area contributed by atoms with E-state index in [1.165, 1.54) is 15.3 Å². The van der Waals surface area contributed by atoms with E-state index in [1.807, 2.05) is 11.0 Å². The molecule has 1 aliphatic heterocycles. The molecule has 1 aliphatic rings. The Balaban J connectivity index is 1.42. The van der Waals surface area contributed by atoms with Crippen LogP contribution in [0.5, 0.6) is 0 Å². The predicted octanol–water partition coefficient (Wildman–Crippen LogP) is 1.84. The Hall–Kier alpha value is -1.86. The highest BCUT2D eigenvalue weighted by Gasteiger charge is 2.20. The molecule has 0 aliphatic carbocycles. The largest absolute Gasteiger partial charge is 0.370 e. The number of rotatable bonds is 5. The highest BCUT2D eigenvalue weighted by molar-refractivity contribution is 7.10. The third-order valence-corrected chi connectivity index (χ3v) is 5.76. The summed E-state index contributed by atoms with van der Waals surface area (Å²) in [4.78, 5) is 21.0. The molecule has 0 unspecified atom stereocenters. The van der Waals surface area contributed by atoms with Crippen molar-refractivity contribution in [3.63, 3.8) is 0 Å². The molecule has 0 spiro atoms. The fourth-order valence-electron chi connectivity index (χ4n) is 2.54. The second-order valence-electron chi connectivity index (χ2n) is 5.39. The first-order valence-corrected chi connectivity index (χ1v) is 9.37. The molecule has 0 aromatic carbocycles. The normalized spacial score (nSPS) is 14.6. The topological polar surface area (TPSA) is 70.7 Å². The van der Waals surface area contributed by atoms with Crippen LogP contribution in [0.25, 0.3) is 0 Å². The van der Waals surface area contributed by atoms with E-state index in [0.717, 1.165) is 25.9 Å². The van der Waals surface area contributed by atoms with Gasteiger partial charge in [-0.1, -0.05) is 6.07 Å². The van der Waals surface area contributed by atoms with Crippen molar-refractivity contribution < 1.29 is 4.79 Å². The minimum absolute atomic E-state index is 0.0323. The van der Waals surface area contributed by atoms with Gasteiger partial charge in [-0.25, -0.2) is 4.99 Å². The maximum absolute atomic E-state index is 12.2. The summed E-state index contributed by atoms with van der Waals surface area (Å²) in [6.45, 7) is 2.30. The summed E-state index contributed by atoms with van der Waals surface area (Å²) in [6.07, 6.45) is 1.85. The van der Waals surface area contributed by atoms with E-state index in [4.69, 9.17) is 5.73 Å². The van der Waals surface area contributed by atoms with Gasteiger partial charge in [0.1, 0.15) is 6.54 Å². The van der Waals surface area contributed by atoms with Gasteiger partial charge in [0, 0.05) is 29.4 Å². The molecule has 0 saturated heterocycles. The van der Waals surface area contributed by atoms with Crippen LogP contribution in [0.2, 0.25) is 0 Å². The molecular weight excluding hydrogens is 328 g/mol. The van der Waals surface area contributed by atoms with Crippen LogP contribution in [0.4, 0.5) is 0 Å². The van der Waals surface area contributed by atoms with Crippen molar-refractivity contribution in [2.24, 2.45) is 10.7 Å². The predicted molar refractivity (Wildman–Crippen MR) is 96.0 cm³/mol. The first-order chi connectivity index (χ1) is 11.2. The SMILES string of the molecule is NC(=NCC(=O)N1CCc2sccc2C1)NCCc1cccs1. The first kappa shape index (κ1) is 16.0. The summed E-state index contributed by atoms with van der Waals surface area (Å²) in [7, 11) is 0. The fraction of sp³-hybridized carbons (Fsp3) is 0.375. The standard InChI is InChI=1S/C16H20N4OS2/c17-16(18-6-3-13-2-1-8-22-13)19-10-15(21)20-7-4-14-12(11-20)5-9-23-14/h1-2,5,8-9H,3-4,6-7,10-11H2,(H3,17,18,19). The van der Waals surface area contributed by atoms with E-state index in [-0.39, 0.29) is 12.5 Å². The summed E-state index contributed by atoms with van der Waals surface area (Å²) in [5.41, 5.74) is 7.09. The summed E-state index contributed by atoms with van der Waals surface area (Å²) >= 11 is 3.50. The molecule has 122 valence electrons. The highest BCUT2D eigenvalue weighted by Crippen LogP contribution is 2.23. The number of amides is 1. The van der Waals surface area contributed by atoms with Crippen LogP contribution in [0.1, 0.15) is 15.3 Å². The number of carbonyl (C=O) groups is 1. The quantitative estimate of drug-likeness (QED) is 0.640. The first-order valence-electron chi connectivity index (χ1n) is 7.61. The van der Waals surface area contributed by atoms with Crippen LogP contribution in [-0.2, 0) is 24.2 Å². The molecule has 0 fully saturated rings. The van der Waals surface area contributed by atoms with E-state index in [9.17, 15) is 4.79 Å². The Morgan fingerprint density at radius 3 is 3.09 bits per heavy atom. The second kappa shape index (κ2) is 7.61. The molecule has 7 heteroatoms. The maximum Gasteiger partial charge on any atom is 0.244 e. The number of hydrogen-bond donors (Lipinski definition) is 2. The van der Waals surface area contributed by atoms with Crippen molar-refractivity contribution in [2.45, 2.75) is 19.4 Å². The average Bonchev–Trinajstić information content (AvgIpc) is 3.23. The van der Waals surface area contributed by atoms with Crippen molar-refractivity contribution in [3.8, 4) is 0 Å². The summed E-state index contributed by atoms with van der Waals surface area (Å²) in [6, 6.07) is 6.23. The number of nitrogens with one attached hydrogen (secondary N) is 1. The van der Waals surface area contributed by atoms with Gasteiger partial charge in [-0.2, -0.15) is 0 Å². The molecule has 0 radical (unpaired) electrons. The molecule has 0 atom stereocenters. The van der Waals surface area contributed by atoms with Gasteiger partial charge in [0.2, 0.25) is 5.91 Å². The van der Waals surface area contributed by atoms with E-state index < -0.39 is 0 Å². The molecule has 2 aromatic heterocycles. The fourth-order valence-corrected chi connectivity index (χ4v) is 4.14. The van der Waals surface area contributed by atoms with Crippen molar-refractivity contribution >= 4 is 34.5 Å². The number of nitrogens with zero attached hydrogens (tertiary/aromatic N) is 2. The lowest BCUT2D eigenvalue weighted by Gasteiger charge is -2.26. The Bertz CT molecular complexity index is 678. The number of aliphatic imine (C=N–C) groups is 1. The summed E-state index contributed by atoms with van der Waals surface area (Å²) < 4.78 is 0. The minimum Gasteiger partial charge on any atom is -0.370 e. The molecule has 3 rings (SSSR count). The van der Waals surface area contributed by atoms with Crippen LogP contribution in [0, 0.1) is 0 Å². The molecule has 0 bridgehead atoms. The minimum atomic E-state index is 0.0323. The van der Waals surface area contributed by atoms with Gasteiger partial charge in [-0.05, 0) is 41.3 Å². The summed E-state index contributed by atoms with van der Waals surface area (Å²) in [5.74, 6) is 0.369. The number of guanidine groups is 1. The third kappa shape index (κ3) is 4.33. The zero-order chi connectivity index (χ0) is 16.1. The molecule has 3 heterocycles. The van der Waals surface area contributed by atoms with Crippen LogP contribution in [0.3, 0.4) is 0 Å². The lowest BCUT2D eigenvalue weighted by molar-refractivity contribution is -0.130. The molecule has 5 nitrogen and oxygen atoms in total. The highest BCUT2D eigenvalue weighted by atomic mass is 32.1. The molecular formula is C16H20N4OS2. The van der Waals surface area contributed by atoms with Crippen molar-refractivity contribution in [1.29, 1.82) is 0 Å². The van der Waals surface area contributed by atoms with Crippen molar-refractivity contribution in [2.75, 3.05) is 19.6 Å². The second-order valence-corrected chi connectivity index (χ2v) is 7.42. The molecule has 1 amide bonds. The van der Waals surface area contributed by atoms with Crippen LogP contribution < -0.4 is 11.1 Å². The molecule has 2 aromatic rings. The van der Waals surface area contributed by atoms with Gasteiger partial charge in [-0.3, -0.25) is 4.79 Å². The zero-order valence-corrected chi connectivity index (χ0v) is 14.5. The van der Waals surface area contributed by atoms with Gasteiger partial charge >= 0.3 is 0 Å². The molecule has 3 N–H and O–H groups in total. The number of thiophene rings is 2. The lowest BCUT2D eigenvalue weighted by Crippen LogP contribution is -2.38. The van der Waals surface area contributed by atoms with Crippen molar-refractivity contribution in [1.82, 2.24) is 10.2 Å². The monoisotopic (exact) mass is 348 g/mol. The third-order valence-electron chi connectivity index (χ3n) is 3.80. The summed E-state index contributed by atoms with van der Waals surface area (Å²) in [5, 5.41) is 7.20. The Kier molecular flexibility index (Phi) is 5.30. The van der Waals surface area contributed by atoms with E-state index in [1.54, 1.807) is 22.7 Å². The van der Waals surface area contributed by atoms with Gasteiger partial charge in [0.25, 0.3) is 0 Å². The Morgan fingerprint density at radius 2 is 2.26 bits per heavy atom. The van der Waals surface area contributed by atoms with Gasteiger partial charge in [0.05, 0.1) is 0 Å². The van der Waals surface area contributed by atoms with Crippen LogP contribution in [-0.4, -0.2) is 36.4 Å². The van der Waals surface area contributed by atoms with Crippen LogP contribution in [0.15, 0.2) is 34.0 Å². The molecule has 23 heavy (non-hydrogen) atoms. The number of fused-ring (bicyclic) bond motifs is 1. The van der Waals surface area contributed by atoms with E-state index >= 15 is 0 Å².